The highest BCUT2D eigenvalue weighted by Gasteiger charge is 2.42. The van der Waals surface area contributed by atoms with E-state index in [2.05, 4.69) is 0 Å². The third kappa shape index (κ3) is 2.07. The Bertz CT molecular complexity index is 520. The number of fused-ring (bicyclic) bond motifs is 1. The van der Waals surface area contributed by atoms with E-state index in [0.717, 1.165) is 4.31 Å². The summed E-state index contributed by atoms with van der Waals surface area (Å²) in [6.45, 7) is 7.36. The molecule has 5 heteroatoms. The molecule has 1 aliphatic heterocycles. The summed E-state index contributed by atoms with van der Waals surface area (Å²) in [5.74, 6) is -0.430. The Morgan fingerprint density at radius 3 is 2.12 bits per heavy atom. The quantitative estimate of drug-likeness (QED) is 0.773. The Morgan fingerprint density at radius 2 is 1.65 bits per heavy atom. The Labute approximate surface area is 102 Å². The fraction of sp³-hybridized carbons (Fsp3) is 0.417. The van der Waals surface area contributed by atoms with Crippen molar-refractivity contribution in [1.29, 1.82) is 0 Å². The molecule has 1 aromatic rings. The molecular formula is C12H17NO3S. The molecule has 2 rings (SSSR count). The molecule has 0 saturated heterocycles. The highest BCUT2D eigenvalue weighted by Crippen LogP contribution is 2.31. The number of nitrogens with zero attached hydrogens (tertiary/aromatic N) is 1. The SMILES string of the molecule is CC.CC(C)N1C(=O)c2ccccc2S1(=O)=O. The predicted octanol–water partition coefficient (Wildman–Crippen LogP) is 2.27. The van der Waals surface area contributed by atoms with Gasteiger partial charge in [0, 0.05) is 6.04 Å². The zero-order chi connectivity index (χ0) is 13.2. The number of hydrogen-bond donors (Lipinski definition) is 0. The lowest BCUT2D eigenvalue weighted by atomic mass is 10.2. The van der Waals surface area contributed by atoms with Gasteiger partial charge in [-0.05, 0) is 26.0 Å². The summed E-state index contributed by atoms with van der Waals surface area (Å²) in [5.41, 5.74) is 0.270. The van der Waals surface area contributed by atoms with Gasteiger partial charge in [-0.15, -0.1) is 0 Å². The number of benzene rings is 1. The summed E-state index contributed by atoms with van der Waals surface area (Å²) in [4.78, 5) is 11.9. The lowest BCUT2D eigenvalue weighted by Crippen LogP contribution is -2.36. The first-order chi connectivity index (χ1) is 7.96. The van der Waals surface area contributed by atoms with Crippen LogP contribution in [0.5, 0.6) is 0 Å². The van der Waals surface area contributed by atoms with E-state index < -0.39 is 15.9 Å². The Kier molecular flexibility index (Phi) is 3.93. The van der Waals surface area contributed by atoms with Crippen LogP contribution in [0.3, 0.4) is 0 Å². The third-order valence-electron chi connectivity index (χ3n) is 2.32. The van der Waals surface area contributed by atoms with Gasteiger partial charge in [-0.1, -0.05) is 26.0 Å². The summed E-state index contributed by atoms with van der Waals surface area (Å²) in [6.07, 6.45) is 0. The van der Waals surface area contributed by atoms with Gasteiger partial charge in [0.05, 0.1) is 5.56 Å². The first kappa shape index (κ1) is 13.7. The van der Waals surface area contributed by atoms with Crippen molar-refractivity contribution in [3.05, 3.63) is 29.8 Å². The molecule has 0 aromatic heterocycles. The largest absolute Gasteiger partial charge is 0.269 e. The van der Waals surface area contributed by atoms with Gasteiger partial charge < -0.3 is 0 Å². The van der Waals surface area contributed by atoms with Gasteiger partial charge in [0.25, 0.3) is 15.9 Å². The molecule has 0 unspecified atom stereocenters. The lowest BCUT2D eigenvalue weighted by molar-refractivity contribution is 0.0846. The molecule has 17 heavy (non-hydrogen) atoms. The molecule has 94 valence electrons. The average molecular weight is 255 g/mol. The number of amides is 1. The molecule has 1 aliphatic rings. The molecule has 0 fully saturated rings. The summed E-state index contributed by atoms with van der Waals surface area (Å²) in [7, 11) is -3.61. The van der Waals surface area contributed by atoms with E-state index in [9.17, 15) is 13.2 Å². The topological polar surface area (TPSA) is 54.5 Å². The molecule has 0 saturated carbocycles. The maximum absolute atomic E-state index is 11.9. The van der Waals surface area contributed by atoms with Crippen LogP contribution in [-0.4, -0.2) is 24.7 Å². The van der Waals surface area contributed by atoms with Crippen molar-refractivity contribution in [2.45, 2.75) is 38.6 Å². The second-order valence-corrected chi connectivity index (χ2v) is 5.48. The van der Waals surface area contributed by atoms with Crippen molar-refractivity contribution < 1.29 is 13.2 Å². The number of sulfonamides is 1. The summed E-state index contributed by atoms with van der Waals surface area (Å²) < 4.78 is 24.8. The second kappa shape index (κ2) is 4.87. The van der Waals surface area contributed by atoms with Gasteiger partial charge in [0.15, 0.2) is 0 Å². The molecule has 1 heterocycles. The molecule has 0 bridgehead atoms. The van der Waals surface area contributed by atoms with Crippen LogP contribution in [0.25, 0.3) is 0 Å². The Balaban J connectivity index is 0.000000686. The zero-order valence-electron chi connectivity index (χ0n) is 10.5. The van der Waals surface area contributed by atoms with Crippen LogP contribution in [-0.2, 0) is 10.0 Å². The summed E-state index contributed by atoms with van der Waals surface area (Å²) in [6, 6.07) is 5.93. The van der Waals surface area contributed by atoms with Gasteiger partial charge in [-0.3, -0.25) is 4.79 Å². The van der Waals surface area contributed by atoms with Crippen LogP contribution in [0.2, 0.25) is 0 Å². The van der Waals surface area contributed by atoms with Crippen molar-refractivity contribution in [2.75, 3.05) is 0 Å². The Hall–Kier alpha value is -1.36. The number of rotatable bonds is 1. The summed E-state index contributed by atoms with van der Waals surface area (Å²) in [5, 5.41) is 0. The number of hydrogen-bond acceptors (Lipinski definition) is 3. The van der Waals surface area contributed by atoms with Gasteiger partial charge in [0.1, 0.15) is 4.90 Å². The van der Waals surface area contributed by atoms with Crippen molar-refractivity contribution in [3.8, 4) is 0 Å². The normalized spacial score (nSPS) is 16.5. The van der Waals surface area contributed by atoms with Gasteiger partial charge in [-0.25, -0.2) is 12.7 Å². The van der Waals surface area contributed by atoms with Crippen LogP contribution >= 0.6 is 0 Å². The molecule has 0 N–H and O–H groups in total. The van der Waals surface area contributed by atoms with Crippen LogP contribution in [0.4, 0.5) is 0 Å². The zero-order valence-corrected chi connectivity index (χ0v) is 11.3. The third-order valence-corrected chi connectivity index (χ3v) is 4.34. The summed E-state index contributed by atoms with van der Waals surface area (Å²) >= 11 is 0. The fourth-order valence-electron chi connectivity index (χ4n) is 1.71. The minimum Gasteiger partial charge on any atom is -0.268 e. The van der Waals surface area contributed by atoms with E-state index in [1.807, 2.05) is 13.8 Å². The molecule has 0 atom stereocenters. The molecular weight excluding hydrogens is 238 g/mol. The van der Waals surface area contributed by atoms with E-state index in [1.54, 1.807) is 26.0 Å². The van der Waals surface area contributed by atoms with Crippen molar-refractivity contribution >= 4 is 15.9 Å². The molecule has 1 amide bonds. The minimum atomic E-state index is -3.61. The van der Waals surface area contributed by atoms with Crippen LogP contribution < -0.4 is 0 Å². The van der Waals surface area contributed by atoms with Gasteiger partial charge in [0.2, 0.25) is 0 Å². The van der Waals surface area contributed by atoms with E-state index in [-0.39, 0.29) is 16.5 Å². The smallest absolute Gasteiger partial charge is 0.268 e. The molecule has 0 radical (unpaired) electrons. The molecule has 1 aromatic carbocycles. The van der Waals surface area contributed by atoms with E-state index in [4.69, 9.17) is 0 Å². The van der Waals surface area contributed by atoms with Gasteiger partial charge >= 0.3 is 0 Å². The Morgan fingerprint density at radius 1 is 1.12 bits per heavy atom. The maximum atomic E-state index is 11.9. The first-order valence-corrected chi connectivity index (χ1v) is 7.08. The van der Waals surface area contributed by atoms with Crippen LogP contribution in [0, 0.1) is 0 Å². The fourth-order valence-corrected chi connectivity index (χ4v) is 3.48. The van der Waals surface area contributed by atoms with Crippen molar-refractivity contribution in [2.24, 2.45) is 0 Å². The predicted molar refractivity (Wildman–Crippen MR) is 66.3 cm³/mol. The van der Waals surface area contributed by atoms with Crippen LogP contribution in [0.15, 0.2) is 29.2 Å². The highest BCUT2D eigenvalue weighted by atomic mass is 32.2. The van der Waals surface area contributed by atoms with E-state index in [0.29, 0.717) is 0 Å². The molecule has 0 spiro atoms. The van der Waals surface area contributed by atoms with E-state index >= 15 is 0 Å². The van der Waals surface area contributed by atoms with E-state index in [1.165, 1.54) is 12.1 Å². The van der Waals surface area contributed by atoms with Crippen molar-refractivity contribution in [3.63, 3.8) is 0 Å². The van der Waals surface area contributed by atoms with Crippen molar-refractivity contribution in [1.82, 2.24) is 4.31 Å². The maximum Gasteiger partial charge on any atom is 0.269 e. The lowest BCUT2D eigenvalue weighted by Gasteiger charge is -2.18. The average Bonchev–Trinajstić information content (AvgIpc) is 2.50. The first-order valence-electron chi connectivity index (χ1n) is 5.64. The molecule has 4 nitrogen and oxygen atoms in total. The highest BCUT2D eigenvalue weighted by molar-refractivity contribution is 7.90. The molecule has 0 aliphatic carbocycles. The van der Waals surface area contributed by atoms with Crippen LogP contribution in [0.1, 0.15) is 38.1 Å². The monoisotopic (exact) mass is 255 g/mol. The standard InChI is InChI=1S/C10H11NO3S.C2H6/c1-7(2)11-10(12)8-5-3-4-6-9(8)15(11,13)14;1-2/h3-7H,1-2H3;1-2H3. The minimum absolute atomic E-state index is 0.115. The second-order valence-electron chi connectivity index (χ2n) is 3.70. The number of carbonyl (C=O) groups is 1. The van der Waals surface area contributed by atoms with Gasteiger partial charge in [-0.2, -0.15) is 0 Å². The number of carbonyl (C=O) groups excluding carboxylic acids is 1.